The third-order valence-electron chi connectivity index (χ3n) is 1.94. The molecule has 0 bridgehead atoms. The second-order valence-electron chi connectivity index (χ2n) is 4.79. The van der Waals surface area contributed by atoms with Crippen LogP contribution in [0.4, 0.5) is 0 Å². The van der Waals surface area contributed by atoms with Crippen LogP contribution in [0.3, 0.4) is 0 Å². The lowest BCUT2D eigenvalue weighted by atomic mass is 10.1. The van der Waals surface area contributed by atoms with E-state index in [1.807, 2.05) is 26.8 Å². The Kier molecular flexibility index (Phi) is 4.31. The van der Waals surface area contributed by atoms with Crippen LogP contribution in [0.2, 0.25) is 0 Å². The number of nitrogens with one attached hydrogen (secondary N) is 1. The zero-order valence-electron chi connectivity index (χ0n) is 10.8. The van der Waals surface area contributed by atoms with Gasteiger partial charge in [0, 0.05) is 17.8 Å². The smallest absolute Gasteiger partial charge is 0.212 e. The molecule has 0 unspecified atom stereocenters. The molecule has 5 heteroatoms. The molecule has 5 nitrogen and oxygen atoms in total. The van der Waals surface area contributed by atoms with E-state index in [0.717, 1.165) is 5.56 Å². The average Bonchev–Trinajstić information content (AvgIpc) is 2.25. The molecular formula is C12H20N4O. The van der Waals surface area contributed by atoms with Crippen LogP contribution in [0, 0.1) is 0 Å². The third-order valence-corrected chi connectivity index (χ3v) is 1.94. The fraction of sp³-hybridized carbons (Fsp3) is 0.500. The van der Waals surface area contributed by atoms with E-state index in [1.54, 1.807) is 19.4 Å². The number of rotatable bonds is 3. The minimum Gasteiger partial charge on any atom is -0.481 e. The molecule has 3 N–H and O–H groups in total. The summed E-state index contributed by atoms with van der Waals surface area (Å²) >= 11 is 0. The number of hydrogen-bond donors (Lipinski definition) is 2. The Morgan fingerprint density at radius 2 is 2.18 bits per heavy atom. The Balaban J connectivity index is 2.56. The molecule has 1 heterocycles. The van der Waals surface area contributed by atoms with Gasteiger partial charge in [0.15, 0.2) is 5.96 Å². The van der Waals surface area contributed by atoms with E-state index in [9.17, 15) is 0 Å². The lowest BCUT2D eigenvalue weighted by molar-refractivity contribution is 0.397. The van der Waals surface area contributed by atoms with Crippen molar-refractivity contribution in [2.45, 2.75) is 32.9 Å². The first-order valence-corrected chi connectivity index (χ1v) is 5.48. The first-order chi connectivity index (χ1) is 7.90. The zero-order valence-corrected chi connectivity index (χ0v) is 10.8. The number of aliphatic imine (C=N–C) groups is 1. The van der Waals surface area contributed by atoms with Gasteiger partial charge in [-0.15, -0.1) is 0 Å². The van der Waals surface area contributed by atoms with E-state index in [0.29, 0.717) is 18.4 Å². The van der Waals surface area contributed by atoms with Gasteiger partial charge < -0.3 is 15.8 Å². The number of nitrogens with zero attached hydrogens (tertiary/aromatic N) is 2. The van der Waals surface area contributed by atoms with Crippen LogP contribution in [0.5, 0.6) is 5.88 Å². The summed E-state index contributed by atoms with van der Waals surface area (Å²) < 4.78 is 4.98. The number of pyridine rings is 1. The van der Waals surface area contributed by atoms with E-state index < -0.39 is 0 Å². The van der Waals surface area contributed by atoms with Gasteiger partial charge in [0.1, 0.15) is 0 Å². The first kappa shape index (κ1) is 13.3. The Bertz CT molecular complexity index is 378. The molecule has 94 valence electrons. The summed E-state index contributed by atoms with van der Waals surface area (Å²) in [7, 11) is 1.59. The quantitative estimate of drug-likeness (QED) is 0.613. The maximum atomic E-state index is 5.76. The van der Waals surface area contributed by atoms with Gasteiger partial charge in [-0.2, -0.15) is 0 Å². The van der Waals surface area contributed by atoms with E-state index in [-0.39, 0.29) is 5.54 Å². The molecular weight excluding hydrogens is 216 g/mol. The normalized spacial score (nSPS) is 12.4. The van der Waals surface area contributed by atoms with Crippen LogP contribution in [-0.2, 0) is 6.54 Å². The molecule has 0 aliphatic rings. The molecule has 0 aliphatic carbocycles. The monoisotopic (exact) mass is 236 g/mol. The largest absolute Gasteiger partial charge is 0.481 e. The zero-order chi connectivity index (χ0) is 12.9. The molecule has 1 aromatic rings. The second kappa shape index (κ2) is 5.52. The molecule has 0 fully saturated rings. The lowest BCUT2D eigenvalue weighted by Crippen LogP contribution is -2.44. The standard InChI is InChI=1S/C12H20N4O/c1-12(2,3)16-11(13)15-8-9-5-6-10(17-4)14-7-9/h5-7H,8H2,1-4H3,(H3,13,15,16). The van der Waals surface area contributed by atoms with Crippen molar-refractivity contribution in [1.29, 1.82) is 0 Å². The van der Waals surface area contributed by atoms with Gasteiger partial charge in [0.2, 0.25) is 5.88 Å². The maximum absolute atomic E-state index is 5.76. The SMILES string of the molecule is COc1ccc(CN=C(N)NC(C)(C)C)cn1. The fourth-order valence-corrected chi connectivity index (χ4v) is 1.23. The van der Waals surface area contributed by atoms with E-state index in [4.69, 9.17) is 10.5 Å². The van der Waals surface area contributed by atoms with Crippen LogP contribution >= 0.6 is 0 Å². The number of guanidine groups is 1. The molecule has 0 atom stereocenters. The Morgan fingerprint density at radius 3 is 2.65 bits per heavy atom. The highest BCUT2D eigenvalue weighted by molar-refractivity contribution is 5.78. The highest BCUT2D eigenvalue weighted by Crippen LogP contribution is 2.07. The van der Waals surface area contributed by atoms with Crippen molar-refractivity contribution in [3.05, 3.63) is 23.9 Å². The number of aromatic nitrogens is 1. The van der Waals surface area contributed by atoms with Gasteiger partial charge in [-0.05, 0) is 26.3 Å². The number of nitrogens with two attached hydrogens (primary N) is 1. The molecule has 0 spiro atoms. The Labute approximate surface area is 102 Å². The summed E-state index contributed by atoms with van der Waals surface area (Å²) in [5, 5.41) is 3.09. The van der Waals surface area contributed by atoms with Crippen molar-refractivity contribution in [2.24, 2.45) is 10.7 Å². The van der Waals surface area contributed by atoms with Crippen molar-refractivity contribution >= 4 is 5.96 Å². The topological polar surface area (TPSA) is 72.5 Å². The van der Waals surface area contributed by atoms with Crippen LogP contribution in [0.1, 0.15) is 26.3 Å². The molecule has 0 radical (unpaired) electrons. The first-order valence-electron chi connectivity index (χ1n) is 5.48. The summed E-state index contributed by atoms with van der Waals surface area (Å²) in [6, 6.07) is 3.72. The van der Waals surface area contributed by atoms with Crippen LogP contribution in [0.25, 0.3) is 0 Å². The summed E-state index contributed by atoms with van der Waals surface area (Å²) in [5.41, 5.74) is 6.67. The number of methoxy groups -OCH3 is 1. The molecule has 0 saturated heterocycles. The van der Waals surface area contributed by atoms with Crippen molar-refractivity contribution in [3.63, 3.8) is 0 Å². The van der Waals surface area contributed by atoms with Gasteiger partial charge >= 0.3 is 0 Å². The lowest BCUT2D eigenvalue weighted by Gasteiger charge is -2.20. The average molecular weight is 236 g/mol. The van der Waals surface area contributed by atoms with Gasteiger partial charge in [-0.3, -0.25) is 0 Å². The van der Waals surface area contributed by atoms with Gasteiger partial charge in [-0.1, -0.05) is 6.07 Å². The highest BCUT2D eigenvalue weighted by Gasteiger charge is 2.09. The Morgan fingerprint density at radius 1 is 1.47 bits per heavy atom. The minimum atomic E-state index is -0.0776. The molecule has 0 aromatic carbocycles. The van der Waals surface area contributed by atoms with Crippen LogP contribution in [0.15, 0.2) is 23.3 Å². The molecule has 0 saturated carbocycles. The summed E-state index contributed by atoms with van der Waals surface area (Å²) in [6.07, 6.45) is 1.73. The highest BCUT2D eigenvalue weighted by atomic mass is 16.5. The van der Waals surface area contributed by atoms with E-state index >= 15 is 0 Å². The summed E-state index contributed by atoms with van der Waals surface area (Å²) in [4.78, 5) is 8.33. The Hall–Kier alpha value is -1.78. The van der Waals surface area contributed by atoms with E-state index in [1.165, 1.54) is 0 Å². The predicted molar refractivity (Wildman–Crippen MR) is 69.0 cm³/mol. The summed E-state index contributed by atoms with van der Waals surface area (Å²) in [6.45, 7) is 6.60. The van der Waals surface area contributed by atoms with Gasteiger partial charge in [-0.25, -0.2) is 9.98 Å². The molecule has 0 aliphatic heterocycles. The van der Waals surface area contributed by atoms with Crippen molar-refractivity contribution in [3.8, 4) is 5.88 Å². The van der Waals surface area contributed by atoms with Crippen LogP contribution in [-0.4, -0.2) is 23.6 Å². The molecule has 17 heavy (non-hydrogen) atoms. The second-order valence-corrected chi connectivity index (χ2v) is 4.79. The number of hydrogen-bond acceptors (Lipinski definition) is 3. The number of ether oxygens (including phenoxy) is 1. The third kappa shape index (κ3) is 5.19. The van der Waals surface area contributed by atoms with Crippen molar-refractivity contribution < 1.29 is 4.74 Å². The van der Waals surface area contributed by atoms with Crippen molar-refractivity contribution in [2.75, 3.05) is 7.11 Å². The van der Waals surface area contributed by atoms with Gasteiger partial charge in [0.05, 0.1) is 13.7 Å². The van der Waals surface area contributed by atoms with Crippen LogP contribution < -0.4 is 15.8 Å². The fourth-order valence-electron chi connectivity index (χ4n) is 1.23. The predicted octanol–water partition coefficient (Wildman–Crippen LogP) is 1.29. The molecule has 0 amide bonds. The molecule has 1 aromatic heterocycles. The molecule has 1 rings (SSSR count). The summed E-state index contributed by atoms with van der Waals surface area (Å²) in [5.74, 6) is 1.03. The van der Waals surface area contributed by atoms with E-state index in [2.05, 4.69) is 15.3 Å². The van der Waals surface area contributed by atoms with Gasteiger partial charge in [0.25, 0.3) is 0 Å². The van der Waals surface area contributed by atoms with Crippen molar-refractivity contribution in [1.82, 2.24) is 10.3 Å². The maximum Gasteiger partial charge on any atom is 0.212 e. The minimum absolute atomic E-state index is 0.0776.